The van der Waals surface area contributed by atoms with Gasteiger partial charge in [0.05, 0.1) is 10.7 Å². The van der Waals surface area contributed by atoms with E-state index in [1.54, 1.807) is 16.8 Å². The van der Waals surface area contributed by atoms with E-state index in [-0.39, 0.29) is 0 Å². The van der Waals surface area contributed by atoms with Gasteiger partial charge in [0.15, 0.2) is 11.6 Å². The second-order valence-electron chi connectivity index (χ2n) is 4.60. The van der Waals surface area contributed by atoms with Crippen molar-refractivity contribution in [2.45, 2.75) is 0 Å². The fourth-order valence-corrected chi connectivity index (χ4v) is 2.59. The standard InChI is InChI=1S/C15H12Cl2N4/c1-21-15(11-7-10(16)8-12(17)13(11)18)19-14(20-21)9-5-3-2-4-6-9/h2-8H,18H2,1H3. The molecule has 0 radical (unpaired) electrons. The third-order valence-electron chi connectivity index (χ3n) is 3.13. The van der Waals surface area contributed by atoms with Crippen molar-refractivity contribution in [2.75, 3.05) is 5.73 Å². The zero-order valence-corrected chi connectivity index (χ0v) is 12.7. The average Bonchev–Trinajstić information content (AvgIpc) is 2.86. The molecule has 3 aromatic rings. The normalized spacial score (nSPS) is 10.8. The Morgan fingerprint density at radius 2 is 1.81 bits per heavy atom. The topological polar surface area (TPSA) is 56.7 Å². The van der Waals surface area contributed by atoms with E-state index in [4.69, 9.17) is 28.9 Å². The van der Waals surface area contributed by atoms with Gasteiger partial charge < -0.3 is 5.73 Å². The van der Waals surface area contributed by atoms with E-state index in [0.717, 1.165) is 5.56 Å². The summed E-state index contributed by atoms with van der Waals surface area (Å²) in [6.45, 7) is 0. The van der Waals surface area contributed by atoms with Crippen LogP contribution < -0.4 is 5.73 Å². The number of nitrogens with zero attached hydrogens (tertiary/aromatic N) is 3. The van der Waals surface area contributed by atoms with Gasteiger partial charge in [-0.1, -0.05) is 53.5 Å². The number of hydrogen-bond acceptors (Lipinski definition) is 3. The lowest BCUT2D eigenvalue weighted by molar-refractivity contribution is 0.777. The van der Waals surface area contributed by atoms with Gasteiger partial charge in [0.1, 0.15) is 0 Å². The first-order valence-electron chi connectivity index (χ1n) is 6.27. The lowest BCUT2D eigenvalue weighted by atomic mass is 10.1. The fourth-order valence-electron chi connectivity index (χ4n) is 2.10. The van der Waals surface area contributed by atoms with Crippen LogP contribution in [0.1, 0.15) is 0 Å². The van der Waals surface area contributed by atoms with Crippen LogP contribution in [0.15, 0.2) is 42.5 Å². The quantitative estimate of drug-likeness (QED) is 0.725. The number of rotatable bonds is 2. The fraction of sp³-hybridized carbons (Fsp3) is 0.0667. The molecular weight excluding hydrogens is 307 g/mol. The van der Waals surface area contributed by atoms with Crippen LogP contribution in [-0.2, 0) is 7.05 Å². The molecule has 0 saturated carbocycles. The molecule has 0 saturated heterocycles. The molecule has 4 nitrogen and oxygen atoms in total. The Bertz CT molecular complexity index is 797. The van der Waals surface area contributed by atoms with Gasteiger partial charge in [-0.25, -0.2) is 9.67 Å². The molecule has 0 aliphatic heterocycles. The van der Waals surface area contributed by atoms with Crippen molar-refractivity contribution in [3.05, 3.63) is 52.5 Å². The predicted octanol–water partition coefficient (Wildman–Crippen LogP) is 4.04. The second kappa shape index (κ2) is 5.39. The van der Waals surface area contributed by atoms with E-state index in [2.05, 4.69) is 10.1 Å². The molecule has 1 heterocycles. The number of aryl methyl sites for hydroxylation is 1. The Kier molecular flexibility index (Phi) is 3.57. The maximum Gasteiger partial charge on any atom is 0.181 e. The molecule has 0 amide bonds. The lowest BCUT2D eigenvalue weighted by Crippen LogP contribution is -1.98. The molecule has 1 aromatic heterocycles. The number of hydrogen-bond donors (Lipinski definition) is 1. The van der Waals surface area contributed by atoms with E-state index >= 15 is 0 Å². The molecule has 2 N–H and O–H groups in total. The maximum atomic E-state index is 6.08. The van der Waals surface area contributed by atoms with Gasteiger partial charge in [-0.2, -0.15) is 5.10 Å². The Labute approximate surface area is 132 Å². The van der Waals surface area contributed by atoms with Crippen molar-refractivity contribution in [2.24, 2.45) is 7.05 Å². The van der Waals surface area contributed by atoms with Crippen molar-refractivity contribution in [3.8, 4) is 22.8 Å². The molecule has 0 atom stereocenters. The summed E-state index contributed by atoms with van der Waals surface area (Å²) in [5.41, 5.74) is 8.08. The van der Waals surface area contributed by atoms with E-state index in [1.807, 2.05) is 37.4 Å². The van der Waals surface area contributed by atoms with Crippen LogP contribution in [0.2, 0.25) is 10.0 Å². The third kappa shape index (κ3) is 2.60. The van der Waals surface area contributed by atoms with Gasteiger partial charge in [-0.3, -0.25) is 0 Å². The number of halogens is 2. The van der Waals surface area contributed by atoms with Crippen molar-refractivity contribution in [1.29, 1.82) is 0 Å². The SMILES string of the molecule is Cn1nc(-c2ccccc2)nc1-c1cc(Cl)cc(Cl)c1N. The van der Waals surface area contributed by atoms with Crippen molar-refractivity contribution in [3.63, 3.8) is 0 Å². The van der Waals surface area contributed by atoms with Crippen molar-refractivity contribution < 1.29 is 0 Å². The second-order valence-corrected chi connectivity index (χ2v) is 5.44. The molecule has 3 rings (SSSR count). The summed E-state index contributed by atoms with van der Waals surface area (Å²) in [4.78, 5) is 4.55. The number of aromatic nitrogens is 3. The van der Waals surface area contributed by atoms with Crippen LogP contribution >= 0.6 is 23.2 Å². The molecular formula is C15H12Cl2N4. The summed E-state index contributed by atoms with van der Waals surface area (Å²) in [6.07, 6.45) is 0. The molecule has 21 heavy (non-hydrogen) atoms. The first-order valence-corrected chi connectivity index (χ1v) is 7.03. The molecule has 6 heteroatoms. The first kappa shape index (κ1) is 13.9. The first-order chi connectivity index (χ1) is 10.1. The molecule has 0 spiro atoms. The van der Waals surface area contributed by atoms with Crippen LogP contribution in [0.5, 0.6) is 0 Å². The Morgan fingerprint density at radius 1 is 1.10 bits per heavy atom. The molecule has 0 fully saturated rings. The highest BCUT2D eigenvalue weighted by Crippen LogP contribution is 2.34. The Morgan fingerprint density at radius 3 is 2.52 bits per heavy atom. The number of benzene rings is 2. The number of nitrogens with two attached hydrogens (primary N) is 1. The third-order valence-corrected chi connectivity index (χ3v) is 3.66. The smallest absolute Gasteiger partial charge is 0.181 e. The summed E-state index contributed by atoms with van der Waals surface area (Å²) in [7, 11) is 1.81. The summed E-state index contributed by atoms with van der Waals surface area (Å²) in [5.74, 6) is 1.25. The van der Waals surface area contributed by atoms with Crippen LogP contribution in [0.3, 0.4) is 0 Å². The monoisotopic (exact) mass is 318 g/mol. The van der Waals surface area contributed by atoms with Crippen LogP contribution in [-0.4, -0.2) is 14.8 Å². The molecule has 0 unspecified atom stereocenters. The predicted molar refractivity (Wildman–Crippen MR) is 86.3 cm³/mol. The highest BCUT2D eigenvalue weighted by molar-refractivity contribution is 6.37. The molecule has 2 aromatic carbocycles. The zero-order valence-electron chi connectivity index (χ0n) is 11.2. The highest BCUT2D eigenvalue weighted by atomic mass is 35.5. The van der Waals surface area contributed by atoms with Crippen LogP contribution in [0.4, 0.5) is 5.69 Å². The number of anilines is 1. The zero-order chi connectivity index (χ0) is 15.0. The summed E-state index contributed by atoms with van der Waals surface area (Å²) in [5, 5.41) is 5.33. The van der Waals surface area contributed by atoms with Gasteiger partial charge in [-0.15, -0.1) is 0 Å². The van der Waals surface area contributed by atoms with Gasteiger partial charge >= 0.3 is 0 Å². The maximum absolute atomic E-state index is 6.08. The van der Waals surface area contributed by atoms with Gasteiger partial charge in [0, 0.05) is 23.2 Å². The molecule has 0 aliphatic rings. The molecule has 106 valence electrons. The van der Waals surface area contributed by atoms with Gasteiger partial charge in [0.25, 0.3) is 0 Å². The van der Waals surface area contributed by atoms with Gasteiger partial charge in [-0.05, 0) is 12.1 Å². The van der Waals surface area contributed by atoms with Crippen molar-refractivity contribution in [1.82, 2.24) is 14.8 Å². The molecule has 0 bridgehead atoms. The van der Waals surface area contributed by atoms with Gasteiger partial charge in [0.2, 0.25) is 0 Å². The van der Waals surface area contributed by atoms with E-state index in [1.165, 1.54) is 0 Å². The highest BCUT2D eigenvalue weighted by Gasteiger charge is 2.15. The minimum absolute atomic E-state index is 0.404. The number of nitrogen functional groups attached to an aromatic ring is 1. The Balaban J connectivity index is 2.15. The van der Waals surface area contributed by atoms with E-state index in [9.17, 15) is 0 Å². The molecule has 0 aliphatic carbocycles. The van der Waals surface area contributed by atoms with Crippen LogP contribution in [0, 0.1) is 0 Å². The van der Waals surface area contributed by atoms with E-state index < -0.39 is 0 Å². The Hall–Kier alpha value is -2.04. The largest absolute Gasteiger partial charge is 0.397 e. The lowest BCUT2D eigenvalue weighted by Gasteiger charge is -2.07. The van der Waals surface area contributed by atoms with E-state index in [0.29, 0.717) is 32.9 Å². The van der Waals surface area contributed by atoms with Crippen LogP contribution in [0.25, 0.3) is 22.8 Å². The summed E-state index contributed by atoms with van der Waals surface area (Å²) < 4.78 is 1.67. The minimum Gasteiger partial charge on any atom is -0.397 e. The minimum atomic E-state index is 0.404. The summed E-state index contributed by atoms with van der Waals surface area (Å²) in [6, 6.07) is 13.1. The van der Waals surface area contributed by atoms with Crippen molar-refractivity contribution >= 4 is 28.9 Å². The summed E-state index contributed by atoms with van der Waals surface area (Å²) >= 11 is 12.1. The average molecular weight is 319 g/mol.